The molecule has 116 valence electrons. The van der Waals surface area contributed by atoms with Crippen LogP contribution in [0.2, 0.25) is 0 Å². The van der Waals surface area contributed by atoms with Crippen molar-refractivity contribution in [3.63, 3.8) is 0 Å². The van der Waals surface area contributed by atoms with Crippen molar-refractivity contribution < 1.29 is 19.1 Å². The summed E-state index contributed by atoms with van der Waals surface area (Å²) in [5, 5.41) is 11.5. The normalized spacial score (nSPS) is 13.3. The van der Waals surface area contributed by atoms with Gasteiger partial charge in [-0.25, -0.2) is 4.79 Å². The predicted molar refractivity (Wildman–Crippen MR) is 79.0 cm³/mol. The summed E-state index contributed by atoms with van der Waals surface area (Å²) in [4.78, 5) is 22.6. The molecule has 0 bridgehead atoms. The van der Waals surface area contributed by atoms with E-state index in [0.29, 0.717) is 11.3 Å². The Bertz CT molecular complexity index is 788. The molecule has 0 N–H and O–H groups in total. The van der Waals surface area contributed by atoms with Gasteiger partial charge in [-0.3, -0.25) is 0 Å². The molecule has 1 aliphatic rings. The molecule has 5 nitrogen and oxygen atoms in total. The van der Waals surface area contributed by atoms with Gasteiger partial charge in [-0.05, 0) is 42.9 Å². The predicted octanol–water partition coefficient (Wildman–Crippen LogP) is 1.36. The lowest BCUT2D eigenvalue weighted by Crippen LogP contribution is -2.29. The van der Waals surface area contributed by atoms with Gasteiger partial charge in [0, 0.05) is 17.0 Å². The zero-order valence-electron chi connectivity index (χ0n) is 12.4. The van der Waals surface area contributed by atoms with Crippen LogP contribution in [0.3, 0.4) is 0 Å². The number of ether oxygens (including phenoxy) is 1. The fraction of sp³-hybridized carbons (Fsp3) is 0.412. The van der Waals surface area contributed by atoms with Crippen LogP contribution >= 0.6 is 0 Å². The van der Waals surface area contributed by atoms with E-state index in [4.69, 9.17) is 9.15 Å². The molecule has 5 heteroatoms. The van der Waals surface area contributed by atoms with E-state index in [1.807, 2.05) is 13.0 Å². The quantitative estimate of drug-likeness (QED) is 0.779. The molecule has 0 fully saturated rings. The topological polar surface area (TPSA) is 79.6 Å². The lowest BCUT2D eigenvalue weighted by Gasteiger charge is -2.14. The smallest absolute Gasteiger partial charge is 0.339 e. The van der Waals surface area contributed by atoms with Crippen LogP contribution in [0, 0.1) is 0 Å². The average Bonchev–Trinajstić information content (AvgIpc) is 2.96. The Morgan fingerprint density at radius 2 is 2.09 bits per heavy atom. The number of benzene rings is 1. The van der Waals surface area contributed by atoms with E-state index in [2.05, 4.69) is 0 Å². The minimum Gasteiger partial charge on any atom is -0.546 e. The van der Waals surface area contributed by atoms with Gasteiger partial charge in [0.05, 0.1) is 5.97 Å². The second-order valence-corrected chi connectivity index (χ2v) is 5.57. The third kappa shape index (κ3) is 2.58. The first kappa shape index (κ1) is 14.6. The number of hydrogen-bond acceptors (Lipinski definition) is 5. The third-order valence-corrected chi connectivity index (χ3v) is 4.02. The average molecular weight is 301 g/mol. The SMILES string of the molecule is CCCc1cc2c3c(c(=O)oc2cc1OCC(=O)[O-])CCC3. The van der Waals surface area contributed by atoms with Crippen molar-refractivity contribution in [1.82, 2.24) is 0 Å². The van der Waals surface area contributed by atoms with Crippen LogP contribution in [0.5, 0.6) is 5.75 Å². The lowest BCUT2D eigenvalue weighted by atomic mass is 10.0. The lowest BCUT2D eigenvalue weighted by molar-refractivity contribution is -0.307. The van der Waals surface area contributed by atoms with Crippen molar-refractivity contribution in [1.29, 1.82) is 0 Å². The van der Waals surface area contributed by atoms with Crippen molar-refractivity contribution in [3.8, 4) is 5.75 Å². The second-order valence-electron chi connectivity index (χ2n) is 5.57. The number of carboxylic acid groups (broad SMARTS) is 1. The molecule has 1 aliphatic carbocycles. The van der Waals surface area contributed by atoms with Gasteiger partial charge >= 0.3 is 5.63 Å². The number of carbonyl (C=O) groups is 1. The molecule has 2 aromatic rings. The monoisotopic (exact) mass is 301 g/mol. The fourth-order valence-corrected chi connectivity index (χ4v) is 3.09. The largest absolute Gasteiger partial charge is 0.546 e. The maximum Gasteiger partial charge on any atom is 0.339 e. The zero-order chi connectivity index (χ0) is 15.7. The molecule has 1 aromatic heterocycles. The van der Waals surface area contributed by atoms with E-state index < -0.39 is 12.6 Å². The summed E-state index contributed by atoms with van der Waals surface area (Å²) in [7, 11) is 0. The van der Waals surface area contributed by atoms with Crippen LogP contribution in [0.25, 0.3) is 11.0 Å². The number of aliphatic carboxylic acids is 1. The highest BCUT2D eigenvalue weighted by molar-refractivity contribution is 5.84. The molecule has 3 rings (SSSR count). The summed E-state index contributed by atoms with van der Waals surface area (Å²) >= 11 is 0. The molecule has 0 amide bonds. The van der Waals surface area contributed by atoms with Gasteiger partial charge in [0.2, 0.25) is 0 Å². The van der Waals surface area contributed by atoms with Gasteiger partial charge in [0.25, 0.3) is 0 Å². The summed E-state index contributed by atoms with van der Waals surface area (Å²) in [5.74, 6) is -0.836. The Morgan fingerprint density at radius 1 is 1.32 bits per heavy atom. The zero-order valence-corrected chi connectivity index (χ0v) is 12.4. The first-order valence-corrected chi connectivity index (χ1v) is 7.54. The van der Waals surface area contributed by atoms with Gasteiger partial charge in [-0.1, -0.05) is 13.3 Å². The molecule has 0 aliphatic heterocycles. The first-order chi connectivity index (χ1) is 10.6. The van der Waals surface area contributed by atoms with E-state index >= 15 is 0 Å². The summed E-state index contributed by atoms with van der Waals surface area (Å²) in [6.07, 6.45) is 4.28. The number of carboxylic acids is 1. The maximum atomic E-state index is 12.0. The number of aryl methyl sites for hydroxylation is 2. The Labute approximate surface area is 127 Å². The van der Waals surface area contributed by atoms with Crippen molar-refractivity contribution in [2.75, 3.05) is 6.61 Å². The van der Waals surface area contributed by atoms with Crippen LogP contribution in [-0.2, 0) is 24.1 Å². The van der Waals surface area contributed by atoms with Gasteiger partial charge in [0.1, 0.15) is 17.9 Å². The molecule has 1 heterocycles. The highest BCUT2D eigenvalue weighted by Crippen LogP contribution is 2.32. The molecule has 22 heavy (non-hydrogen) atoms. The van der Waals surface area contributed by atoms with Gasteiger partial charge in [-0.2, -0.15) is 0 Å². The molecule has 1 aromatic carbocycles. The maximum absolute atomic E-state index is 12.0. The van der Waals surface area contributed by atoms with Crippen LogP contribution in [0.15, 0.2) is 21.3 Å². The molecule has 0 unspecified atom stereocenters. The molecule has 0 radical (unpaired) electrons. The van der Waals surface area contributed by atoms with E-state index in [9.17, 15) is 14.7 Å². The van der Waals surface area contributed by atoms with Crippen LogP contribution in [0.1, 0.15) is 36.5 Å². The Hall–Kier alpha value is -2.30. The molecular weight excluding hydrogens is 284 g/mol. The van der Waals surface area contributed by atoms with Crippen LogP contribution < -0.4 is 15.5 Å². The minimum atomic E-state index is -1.28. The van der Waals surface area contributed by atoms with Gasteiger partial charge < -0.3 is 19.1 Å². The van der Waals surface area contributed by atoms with Gasteiger partial charge in [-0.15, -0.1) is 0 Å². The Balaban J connectivity index is 2.15. The van der Waals surface area contributed by atoms with E-state index in [-0.39, 0.29) is 5.63 Å². The van der Waals surface area contributed by atoms with E-state index in [0.717, 1.165) is 54.2 Å². The fourth-order valence-electron chi connectivity index (χ4n) is 3.09. The Morgan fingerprint density at radius 3 is 2.82 bits per heavy atom. The van der Waals surface area contributed by atoms with E-state index in [1.54, 1.807) is 6.07 Å². The molecule has 0 atom stereocenters. The van der Waals surface area contributed by atoms with Crippen molar-refractivity contribution in [3.05, 3.63) is 39.2 Å². The Kier molecular flexibility index (Phi) is 3.88. The number of carbonyl (C=O) groups excluding carboxylic acids is 1. The standard InChI is InChI=1S/C17H18O5/c1-2-4-10-7-13-11-5-3-6-12(11)17(20)22-15(13)8-14(10)21-9-16(18)19/h7-8H,2-6,9H2,1H3,(H,18,19)/p-1. The molecule has 0 saturated heterocycles. The molecule has 0 saturated carbocycles. The van der Waals surface area contributed by atoms with Crippen molar-refractivity contribution >= 4 is 16.9 Å². The first-order valence-electron chi connectivity index (χ1n) is 7.54. The number of fused-ring (bicyclic) bond motifs is 3. The van der Waals surface area contributed by atoms with E-state index in [1.165, 1.54) is 0 Å². The highest BCUT2D eigenvalue weighted by atomic mass is 16.5. The number of rotatable bonds is 5. The highest BCUT2D eigenvalue weighted by Gasteiger charge is 2.21. The molecular formula is C17H17O5-. The van der Waals surface area contributed by atoms with Crippen LogP contribution in [0.4, 0.5) is 0 Å². The second kappa shape index (κ2) is 5.83. The minimum absolute atomic E-state index is 0.297. The third-order valence-electron chi connectivity index (χ3n) is 4.02. The molecule has 0 spiro atoms. The number of hydrogen-bond donors (Lipinski definition) is 0. The summed E-state index contributed by atoms with van der Waals surface area (Å²) in [5.41, 5.74) is 2.93. The van der Waals surface area contributed by atoms with Crippen molar-refractivity contribution in [2.24, 2.45) is 0 Å². The van der Waals surface area contributed by atoms with Crippen molar-refractivity contribution in [2.45, 2.75) is 39.0 Å². The summed E-state index contributed by atoms with van der Waals surface area (Å²) < 4.78 is 10.7. The van der Waals surface area contributed by atoms with Gasteiger partial charge in [0.15, 0.2) is 0 Å². The summed E-state index contributed by atoms with van der Waals surface area (Å²) in [6, 6.07) is 3.60. The summed E-state index contributed by atoms with van der Waals surface area (Å²) in [6.45, 7) is 1.53. The van der Waals surface area contributed by atoms with Crippen LogP contribution in [-0.4, -0.2) is 12.6 Å².